The molecule has 5 aromatic carbocycles. The monoisotopic (exact) mass is 757 g/mol. The molecule has 7 rings (SSSR count). The number of piperidine rings is 1. The van der Waals surface area contributed by atoms with Gasteiger partial charge in [0.25, 0.3) is 0 Å². The minimum Gasteiger partial charge on any atom is -0.508 e. The summed E-state index contributed by atoms with van der Waals surface area (Å²) in [7, 11) is 0. The van der Waals surface area contributed by atoms with Crippen molar-refractivity contribution in [1.82, 2.24) is 4.90 Å². The molecule has 0 amide bonds. The maximum absolute atomic E-state index is 14.6. The Morgan fingerprint density at radius 1 is 0.673 bits per heavy atom. The number of ketones is 1. The number of thiophene rings is 1. The molecule has 1 aromatic heterocycles. The number of phenolic OH excluding ortho intramolecular Hbond substituents is 1. The van der Waals surface area contributed by atoms with E-state index in [0.717, 1.165) is 30.8 Å². The number of rotatable bonds is 13. The summed E-state index contributed by atoms with van der Waals surface area (Å²) in [4.78, 5) is 43.6. The topological polar surface area (TPSA) is 121 Å². The molecule has 6 aromatic rings. The summed E-state index contributed by atoms with van der Waals surface area (Å²) < 4.78 is 28.7. The van der Waals surface area contributed by atoms with Gasteiger partial charge in [-0.15, -0.1) is 11.3 Å². The lowest BCUT2D eigenvalue weighted by atomic mass is 9.97. The first kappa shape index (κ1) is 37.2. The molecule has 0 bridgehead atoms. The molecule has 11 heteroatoms. The molecule has 2 heterocycles. The van der Waals surface area contributed by atoms with Crippen LogP contribution in [-0.4, -0.2) is 54.3 Å². The highest BCUT2D eigenvalue weighted by molar-refractivity contribution is 7.23. The zero-order chi connectivity index (χ0) is 38.0. The summed E-state index contributed by atoms with van der Waals surface area (Å²) in [5.74, 6) is 0.341. The largest absolute Gasteiger partial charge is 0.514 e. The average molecular weight is 758 g/mol. The van der Waals surface area contributed by atoms with E-state index < -0.39 is 12.3 Å². The highest BCUT2D eigenvalue weighted by Gasteiger charge is 2.27. The number of likely N-dealkylation sites (tertiary alicyclic amines) is 1. The number of phenols is 1. The van der Waals surface area contributed by atoms with Gasteiger partial charge in [-0.05, 0) is 97.2 Å². The quantitative estimate of drug-likeness (QED) is 0.0693. The number of fused-ring (bicyclic) bond motifs is 1. The van der Waals surface area contributed by atoms with Crippen LogP contribution in [0.25, 0.3) is 20.5 Å². The summed E-state index contributed by atoms with van der Waals surface area (Å²) >= 11 is 1.24. The van der Waals surface area contributed by atoms with Gasteiger partial charge in [-0.1, -0.05) is 67.1 Å². The van der Waals surface area contributed by atoms with Crippen LogP contribution >= 0.6 is 11.3 Å². The van der Waals surface area contributed by atoms with Crippen LogP contribution in [0.1, 0.15) is 46.3 Å². The number of hydrogen-bond acceptors (Lipinski definition) is 11. The maximum atomic E-state index is 14.6. The van der Waals surface area contributed by atoms with E-state index >= 15 is 0 Å². The molecule has 0 spiro atoms. The fraction of sp³-hybridized carbons (Fsp3) is 0.205. The Balaban J connectivity index is 1.21. The standard InChI is InChI=1S/C44H39NO9S/c46-34-18-14-33(15-19-34)42-40(41(47)32-16-20-35(21-17-32)50-25-24-45-22-8-3-9-23-45)39-37(54-44(49)52-29-31-12-6-2-7-13-31)26-36(27-38(39)55-42)53-43(48)51-28-30-10-4-1-5-11-30/h1-2,4-7,10-21,26-27,46H,3,8-9,22-25,28-29H2. The molecule has 1 saturated heterocycles. The smallest absolute Gasteiger partial charge is 0.508 e. The minimum absolute atomic E-state index is 0.0119. The van der Waals surface area contributed by atoms with Gasteiger partial charge in [0.15, 0.2) is 5.78 Å². The number of benzene rings is 5. The Morgan fingerprint density at radius 3 is 1.93 bits per heavy atom. The molecule has 0 saturated carbocycles. The van der Waals surface area contributed by atoms with Gasteiger partial charge in [0.1, 0.15) is 42.8 Å². The van der Waals surface area contributed by atoms with Crippen LogP contribution in [0.5, 0.6) is 23.0 Å². The summed E-state index contributed by atoms with van der Waals surface area (Å²) in [6, 6.07) is 34.6. The molecule has 0 unspecified atom stereocenters. The van der Waals surface area contributed by atoms with Gasteiger partial charge in [-0.3, -0.25) is 9.69 Å². The summed E-state index contributed by atoms with van der Waals surface area (Å²) in [6.07, 6.45) is 1.70. The molecule has 280 valence electrons. The molecule has 0 radical (unpaired) electrons. The van der Waals surface area contributed by atoms with Gasteiger partial charge in [0.05, 0.1) is 5.56 Å². The maximum Gasteiger partial charge on any atom is 0.514 e. The number of aromatic hydroxyl groups is 1. The van der Waals surface area contributed by atoms with Crippen molar-refractivity contribution in [3.63, 3.8) is 0 Å². The fourth-order valence-electron chi connectivity index (χ4n) is 6.34. The molecular formula is C44H39NO9S. The molecular weight excluding hydrogens is 719 g/mol. The number of carbonyl (C=O) groups is 3. The molecule has 55 heavy (non-hydrogen) atoms. The van der Waals surface area contributed by atoms with E-state index in [9.17, 15) is 19.5 Å². The Morgan fingerprint density at radius 2 is 1.29 bits per heavy atom. The third-order valence-corrected chi connectivity index (χ3v) is 10.3. The first-order chi connectivity index (χ1) is 26.9. The van der Waals surface area contributed by atoms with Gasteiger partial charge >= 0.3 is 12.3 Å². The Hall–Kier alpha value is -6.17. The van der Waals surface area contributed by atoms with E-state index in [2.05, 4.69) is 4.90 Å². The summed E-state index contributed by atoms with van der Waals surface area (Å²) in [5, 5.41) is 10.4. The van der Waals surface area contributed by atoms with Gasteiger partial charge < -0.3 is 28.8 Å². The van der Waals surface area contributed by atoms with Crippen LogP contribution in [0.4, 0.5) is 9.59 Å². The minimum atomic E-state index is -1.02. The number of ether oxygens (including phenoxy) is 5. The van der Waals surface area contributed by atoms with Gasteiger partial charge in [0, 0.05) is 33.1 Å². The predicted molar refractivity (Wildman–Crippen MR) is 209 cm³/mol. The van der Waals surface area contributed by atoms with Crippen molar-refractivity contribution in [3.05, 3.63) is 144 Å². The normalized spacial score (nSPS) is 12.9. The van der Waals surface area contributed by atoms with Crippen molar-refractivity contribution >= 4 is 39.5 Å². The molecule has 1 aliphatic rings. The van der Waals surface area contributed by atoms with Crippen molar-refractivity contribution in [1.29, 1.82) is 0 Å². The van der Waals surface area contributed by atoms with Gasteiger partial charge in [0.2, 0.25) is 0 Å². The molecule has 10 nitrogen and oxygen atoms in total. The third kappa shape index (κ3) is 9.69. The number of nitrogens with zero attached hydrogens (tertiary/aromatic N) is 1. The lowest BCUT2D eigenvalue weighted by Gasteiger charge is -2.26. The second-order valence-electron chi connectivity index (χ2n) is 13.0. The van der Waals surface area contributed by atoms with Crippen molar-refractivity contribution in [2.75, 3.05) is 26.2 Å². The molecule has 0 aliphatic carbocycles. The highest BCUT2D eigenvalue weighted by atomic mass is 32.1. The van der Waals surface area contributed by atoms with Crippen LogP contribution < -0.4 is 14.2 Å². The first-order valence-electron chi connectivity index (χ1n) is 18.1. The SMILES string of the molecule is O=C(OCc1ccccc1)Oc1cc(OC(=O)OCc2ccccc2)c2c(C(=O)c3ccc(OCCN4CCCCC4)cc3)c(-c3ccc(O)cc3)sc2c1. The van der Waals surface area contributed by atoms with E-state index in [4.69, 9.17) is 23.7 Å². The van der Waals surface area contributed by atoms with Crippen LogP contribution in [0.15, 0.2) is 121 Å². The highest BCUT2D eigenvalue weighted by Crippen LogP contribution is 2.46. The van der Waals surface area contributed by atoms with E-state index in [0.29, 0.717) is 38.4 Å². The van der Waals surface area contributed by atoms with E-state index in [1.54, 1.807) is 42.5 Å². The lowest BCUT2D eigenvalue weighted by molar-refractivity contribution is 0.0914. The van der Waals surface area contributed by atoms with Crippen LogP contribution in [0.3, 0.4) is 0 Å². The molecule has 0 atom stereocenters. The predicted octanol–water partition coefficient (Wildman–Crippen LogP) is 9.80. The van der Waals surface area contributed by atoms with E-state index in [-0.39, 0.29) is 41.8 Å². The van der Waals surface area contributed by atoms with E-state index in [1.807, 2.05) is 60.7 Å². The summed E-state index contributed by atoms with van der Waals surface area (Å²) in [6.45, 7) is 3.48. The summed E-state index contributed by atoms with van der Waals surface area (Å²) in [5.41, 5.74) is 2.81. The van der Waals surface area contributed by atoms with Crippen LogP contribution in [0, 0.1) is 0 Å². The van der Waals surface area contributed by atoms with Crippen LogP contribution in [-0.2, 0) is 22.7 Å². The fourth-order valence-corrected chi connectivity index (χ4v) is 7.59. The number of hydrogen-bond donors (Lipinski definition) is 1. The second-order valence-corrected chi connectivity index (χ2v) is 14.1. The third-order valence-electron chi connectivity index (χ3n) is 9.12. The van der Waals surface area contributed by atoms with E-state index in [1.165, 1.54) is 48.8 Å². The van der Waals surface area contributed by atoms with Crippen LogP contribution in [0.2, 0.25) is 0 Å². The zero-order valence-electron chi connectivity index (χ0n) is 30.0. The molecule has 1 aliphatic heterocycles. The van der Waals surface area contributed by atoms with Crippen molar-refractivity contribution in [3.8, 4) is 33.4 Å². The Labute approximate surface area is 322 Å². The van der Waals surface area contributed by atoms with Crippen molar-refractivity contribution in [2.24, 2.45) is 0 Å². The van der Waals surface area contributed by atoms with Gasteiger partial charge in [-0.25, -0.2) is 9.59 Å². The van der Waals surface area contributed by atoms with Crippen molar-refractivity contribution in [2.45, 2.75) is 32.5 Å². The number of carbonyl (C=O) groups excluding carboxylic acids is 3. The molecule has 1 fully saturated rings. The average Bonchev–Trinajstić information content (AvgIpc) is 3.60. The Kier molecular flexibility index (Phi) is 12.0. The van der Waals surface area contributed by atoms with Crippen molar-refractivity contribution < 1.29 is 43.2 Å². The Bertz CT molecular complexity index is 2230. The van der Waals surface area contributed by atoms with Gasteiger partial charge in [-0.2, -0.15) is 0 Å². The molecule has 1 N–H and O–H groups in total. The first-order valence-corrected chi connectivity index (χ1v) is 18.9. The second kappa shape index (κ2) is 17.8. The lowest BCUT2D eigenvalue weighted by Crippen LogP contribution is -2.33. The zero-order valence-corrected chi connectivity index (χ0v) is 30.8.